The molecule has 0 spiro atoms. The minimum Gasteiger partial charge on any atom is -0.493 e. The summed E-state index contributed by atoms with van der Waals surface area (Å²) in [6.07, 6.45) is 4.08. The summed E-state index contributed by atoms with van der Waals surface area (Å²) in [5, 5.41) is 33.8. The molecular formula is C26H37N3O9. The highest BCUT2D eigenvalue weighted by Gasteiger charge is 2.43. The summed E-state index contributed by atoms with van der Waals surface area (Å²) in [7, 11) is 1.42. The summed E-state index contributed by atoms with van der Waals surface area (Å²) in [5.41, 5.74) is 8.60. The molecule has 12 nitrogen and oxygen atoms in total. The number of aliphatic hydroxyl groups excluding tert-OH is 2. The second kappa shape index (κ2) is 14.7. The largest absolute Gasteiger partial charge is 0.493 e. The normalized spacial score (nSPS) is 21.2. The summed E-state index contributed by atoms with van der Waals surface area (Å²) in [5.74, 6) is -1.98. The van der Waals surface area contributed by atoms with Crippen molar-refractivity contribution in [3.63, 3.8) is 0 Å². The Labute approximate surface area is 222 Å². The van der Waals surface area contributed by atoms with E-state index in [9.17, 15) is 20.1 Å². The lowest BCUT2D eigenvalue weighted by Gasteiger charge is -2.20. The van der Waals surface area contributed by atoms with Gasteiger partial charge in [0, 0.05) is 17.6 Å². The summed E-state index contributed by atoms with van der Waals surface area (Å²) in [6, 6.07) is 3.03. The van der Waals surface area contributed by atoms with Gasteiger partial charge < -0.3 is 39.0 Å². The monoisotopic (exact) mass is 535 g/mol. The first kappa shape index (κ1) is 31.1. The van der Waals surface area contributed by atoms with E-state index in [0.717, 1.165) is 0 Å². The Balaban J connectivity index is 2.33. The van der Waals surface area contributed by atoms with Gasteiger partial charge in [-0.15, -0.1) is 0 Å². The third kappa shape index (κ3) is 9.02. The van der Waals surface area contributed by atoms with Crippen LogP contribution in [0.2, 0.25) is 0 Å². The number of nitrogens with zero attached hydrogens (tertiary/aromatic N) is 3. The zero-order valence-corrected chi connectivity index (χ0v) is 22.3. The minimum atomic E-state index is -1.23. The van der Waals surface area contributed by atoms with Crippen molar-refractivity contribution in [2.75, 3.05) is 27.1 Å². The minimum absolute atomic E-state index is 0.0431. The number of rotatable bonds is 15. The molecule has 3 N–H and O–H groups in total. The van der Waals surface area contributed by atoms with Gasteiger partial charge in [0.05, 0.1) is 25.4 Å². The molecule has 2 rings (SSSR count). The van der Waals surface area contributed by atoms with Crippen molar-refractivity contribution in [1.29, 1.82) is 0 Å². The van der Waals surface area contributed by atoms with Crippen LogP contribution in [0.15, 0.2) is 35.5 Å². The van der Waals surface area contributed by atoms with E-state index in [1.165, 1.54) is 13.2 Å². The van der Waals surface area contributed by atoms with Crippen molar-refractivity contribution in [3.05, 3.63) is 51.9 Å². The number of carbonyl (C=O) groups is 1. The lowest BCUT2D eigenvalue weighted by atomic mass is 10.00. The predicted octanol–water partition coefficient (Wildman–Crippen LogP) is 3.91. The highest BCUT2D eigenvalue weighted by Crippen LogP contribution is 2.35. The molecule has 0 radical (unpaired) electrons. The van der Waals surface area contributed by atoms with E-state index < -0.39 is 36.2 Å². The van der Waals surface area contributed by atoms with Gasteiger partial charge in [-0.3, -0.25) is 0 Å². The van der Waals surface area contributed by atoms with Gasteiger partial charge >= 0.3 is 5.97 Å². The molecule has 1 aromatic rings. The van der Waals surface area contributed by atoms with Crippen LogP contribution in [-0.4, -0.2) is 78.5 Å². The van der Waals surface area contributed by atoms with E-state index in [2.05, 4.69) is 10.0 Å². The predicted molar refractivity (Wildman–Crippen MR) is 139 cm³/mol. The highest BCUT2D eigenvalue weighted by molar-refractivity contribution is 5.96. The second-order valence-corrected chi connectivity index (χ2v) is 9.26. The van der Waals surface area contributed by atoms with Crippen LogP contribution in [0.1, 0.15) is 50.0 Å². The number of benzene rings is 1. The lowest BCUT2D eigenvalue weighted by Crippen LogP contribution is -2.34. The number of methoxy groups -OCH3 is 1. The van der Waals surface area contributed by atoms with Gasteiger partial charge in [-0.2, -0.15) is 0 Å². The van der Waals surface area contributed by atoms with Gasteiger partial charge in [-0.1, -0.05) is 36.3 Å². The maximum atomic E-state index is 12.2. The molecule has 1 heterocycles. The smallest absolute Gasteiger partial charge is 0.340 e. The van der Waals surface area contributed by atoms with Crippen LogP contribution in [0, 0.1) is 5.92 Å². The molecular weight excluding hydrogens is 498 g/mol. The van der Waals surface area contributed by atoms with Gasteiger partial charge in [-0.05, 0) is 50.8 Å². The Bertz CT molecular complexity index is 1040. The van der Waals surface area contributed by atoms with Crippen molar-refractivity contribution in [2.24, 2.45) is 11.0 Å². The molecule has 1 saturated heterocycles. The molecule has 1 aliphatic heterocycles. The van der Waals surface area contributed by atoms with E-state index in [-0.39, 0.29) is 54.9 Å². The summed E-state index contributed by atoms with van der Waals surface area (Å²) >= 11 is 0. The average molecular weight is 536 g/mol. The zero-order chi connectivity index (χ0) is 28.3. The Kier molecular flexibility index (Phi) is 12.0. The van der Waals surface area contributed by atoms with E-state index in [0.29, 0.717) is 0 Å². The van der Waals surface area contributed by atoms with Crippen molar-refractivity contribution < 1.29 is 43.8 Å². The van der Waals surface area contributed by atoms with Crippen molar-refractivity contribution >= 4 is 12.0 Å². The molecule has 12 heteroatoms. The Hall–Kier alpha value is -3.12. The van der Waals surface area contributed by atoms with Crippen molar-refractivity contribution in [2.45, 2.75) is 64.3 Å². The lowest BCUT2D eigenvalue weighted by molar-refractivity contribution is -0.152. The number of carboxylic acid groups (broad SMARTS) is 1. The van der Waals surface area contributed by atoms with Crippen LogP contribution in [0.25, 0.3) is 16.5 Å². The van der Waals surface area contributed by atoms with Crippen LogP contribution < -0.4 is 9.47 Å². The standard InChI is InChI=1S/C26H37N3O9/c1-16(17(2)30)9-10-19(31)24-22(37-26(3,4)38-24)8-6-7-18-20(35-14-13-28-29-27)11-12-21(36-15-34-5)23(18)25(32)33/h6-7,9-12,16-17,19,22,24,30-31H,8,13-15H2,1-5H3,(H,32,33)/b7-6+,10-9-/t16-,17+,19?,22+,24-/m1/s1. The maximum absolute atomic E-state index is 12.2. The molecule has 0 aliphatic carbocycles. The van der Waals surface area contributed by atoms with Crippen LogP contribution in [0.4, 0.5) is 0 Å². The van der Waals surface area contributed by atoms with E-state index in [4.69, 9.17) is 29.2 Å². The third-order valence-electron chi connectivity index (χ3n) is 5.81. The second-order valence-electron chi connectivity index (χ2n) is 9.26. The van der Waals surface area contributed by atoms with Gasteiger partial charge in [0.25, 0.3) is 0 Å². The number of azide groups is 1. The third-order valence-corrected chi connectivity index (χ3v) is 5.81. The Morgan fingerprint density at radius 3 is 2.55 bits per heavy atom. The van der Waals surface area contributed by atoms with Crippen molar-refractivity contribution in [1.82, 2.24) is 0 Å². The van der Waals surface area contributed by atoms with Crippen molar-refractivity contribution in [3.8, 4) is 11.5 Å². The molecule has 1 fully saturated rings. The summed E-state index contributed by atoms with van der Waals surface area (Å²) in [6.45, 7) is 6.95. The molecule has 5 atom stereocenters. The van der Waals surface area contributed by atoms with E-state index >= 15 is 0 Å². The molecule has 0 amide bonds. The quantitative estimate of drug-likeness (QED) is 0.0751. The summed E-state index contributed by atoms with van der Waals surface area (Å²) in [4.78, 5) is 14.9. The summed E-state index contributed by atoms with van der Waals surface area (Å²) < 4.78 is 28.0. The number of hydrogen-bond donors (Lipinski definition) is 3. The fourth-order valence-corrected chi connectivity index (χ4v) is 3.79. The molecule has 1 unspecified atom stereocenters. The molecule has 1 aromatic carbocycles. The molecule has 38 heavy (non-hydrogen) atoms. The molecule has 0 bridgehead atoms. The van der Waals surface area contributed by atoms with Crippen LogP contribution in [0.5, 0.6) is 11.5 Å². The first-order valence-corrected chi connectivity index (χ1v) is 12.2. The highest BCUT2D eigenvalue weighted by atomic mass is 16.8. The molecule has 210 valence electrons. The number of ether oxygens (including phenoxy) is 5. The van der Waals surface area contributed by atoms with E-state index in [1.807, 2.05) is 6.92 Å². The molecule has 1 aliphatic rings. The maximum Gasteiger partial charge on any atom is 0.340 e. The van der Waals surface area contributed by atoms with Gasteiger partial charge in [0.2, 0.25) is 0 Å². The van der Waals surface area contributed by atoms with Crippen LogP contribution in [0.3, 0.4) is 0 Å². The van der Waals surface area contributed by atoms with E-state index in [1.54, 1.807) is 51.1 Å². The number of hydrogen-bond acceptors (Lipinski definition) is 9. The van der Waals surface area contributed by atoms with Gasteiger partial charge in [0.15, 0.2) is 12.6 Å². The Morgan fingerprint density at radius 2 is 1.92 bits per heavy atom. The average Bonchev–Trinajstić information content (AvgIpc) is 3.18. The number of carboxylic acids is 1. The van der Waals surface area contributed by atoms with Gasteiger partial charge in [0.1, 0.15) is 29.3 Å². The Morgan fingerprint density at radius 1 is 1.21 bits per heavy atom. The fraction of sp³-hybridized carbons (Fsp3) is 0.577. The number of aromatic carboxylic acids is 1. The van der Waals surface area contributed by atoms with Crippen LogP contribution >= 0.6 is 0 Å². The van der Waals surface area contributed by atoms with Gasteiger partial charge in [-0.25, -0.2) is 4.79 Å². The molecule has 0 aromatic heterocycles. The SMILES string of the molecule is COCOc1ccc(OCCN=[N+]=[N-])c(/C=C/C[C@@H]2OC(C)(C)O[C@@H]2C(O)/C=C\[C@@H](C)[C@H](C)O)c1C(=O)O. The fourth-order valence-electron chi connectivity index (χ4n) is 3.79. The first-order valence-electron chi connectivity index (χ1n) is 12.2. The first-order chi connectivity index (χ1) is 18.0. The zero-order valence-electron chi connectivity index (χ0n) is 22.3. The topological polar surface area (TPSA) is 173 Å². The number of aliphatic hydroxyl groups is 2. The molecule has 0 saturated carbocycles. The van der Waals surface area contributed by atoms with Crippen LogP contribution in [-0.2, 0) is 14.2 Å².